The van der Waals surface area contributed by atoms with Crippen molar-refractivity contribution in [2.75, 3.05) is 12.3 Å². The Labute approximate surface area is 122 Å². The van der Waals surface area contributed by atoms with Crippen LogP contribution in [0.2, 0.25) is 0 Å². The van der Waals surface area contributed by atoms with Gasteiger partial charge < -0.3 is 10.8 Å². The van der Waals surface area contributed by atoms with Crippen LogP contribution in [0.1, 0.15) is 12.6 Å². The van der Waals surface area contributed by atoms with Crippen molar-refractivity contribution in [2.24, 2.45) is 0 Å². The minimum absolute atomic E-state index is 0.00542. The highest BCUT2D eigenvalue weighted by molar-refractivity contribution is 5.90. The van der Waals surface area contributed by atoms with Crippen LogP contribution in [0, 0.1) is 0 Å². The summed E-state index contributed by atoms with van der Waals surface area (Å²) in [5.74, 6) is 0.434. The third kappa shape index (κ3) is 2.34. The lowest BCUT2D eigenvalue weighted by Gasteiger charge is -2.08. The van der Waals surface area contributed by atoms with Gasteiger partial charge in [-0.2, -0.15) is 5.10 Å². The van der Waals surface area contributed by atoms with Crippen molar-refractivity contribution in [3.8, 4) is 11.1 Å². The highest BCUT2D eigenvalue weighted by Gasteiger charge is 2.14. The number of pyridine rings is 2. The van der Waals surface area contributed by atoms with Crippen molar-refractivity contribution in [2.45, 2.75) is 19.9 Å². The highest BCUT2D eigenvalue weighted by atomic mass is 16.3. The van der Waals surface area contributed by atoms with Crippen LogP contribution >= 0.6 is 0 Å². The van der Waals surface area contributed by atoms with Crippen LogP contribution in [0.3, 0.4) is 0 Å². The summed E-state index contributed by atoms with van der Waals surface area (Å²) in [6.07, 6.45) is 4.33. The van der Waals surface area contributed by atoms with E-state index in [0.717, 1.165) is 34.3 Å². The number of aryl methyl sites for hydroxylation is 1. The third-order valence-corrected chi connectivity index (χ3v) is 3.47. The highest BCUT2D eigenvalue weighted by Crippen LogP contribution is 2.29. The van der Waals surface area contributed by atoms with Crippen LogP contribution in [0.15, 0.2) is 30.6 Å². The van der Waals surface area contributed by atoms with Crippen LogP contribution in [0.4, 0.5) is 5.82 Å². The molecule has 0 saturated heterocycles. The maximum Gasteiger partial charge on any atom is 0.160 e. The summed E-state index contributed by atoms with van der Waals surface area (Å²) < 4.78 is 1.65. The molecule has 0 atom stereocenters. The van der Waals surface area contributed by atoms with Crippen molar-refractivity contribution in [3.63, 3.8) is 0 Å². The first-order valence-corrected chi connectivity index (χ1v) is 6.91. The van der Waals surface area contributed by atoms with Gasteiger partial charge in [0.25, 0.3) is 0 Å². The summed E-state index contributed by atoms with van der Waals surface area (Å²) in [7, 11) is 0. The summed E-state index contributed by atoms with van der Waals surface area (Å²) in [6.45, 7) is 2.46. The van der Waals surface area contributed by atoms with E-state index in [1.807, 2.05) is 18.2 Å². The molecule has 0 radical (unpaired) electrons. The molecule has 3 aromatic heterocycles. The quantitative estimate of drug-likeness (QED) is 0.759. The first-order valence-electron chi connectivity index (χ1n) is 6.91. The van der Waals surface area contributed by atoms with E-state index in [9.17, 15) is 0 Å². The third-order valence-electron chi connectivity index (χ3n) is 3.47. The number of hydrogen-bond acceptors (Lipinski definition) is 5. The fourth-order valence-corrected chi connectivity index (χ4v) is 2.46. The molecule has 0 aliphatic rings. The molecule has 3 heterocycles. The van der Waals surface area contributed by atoms with Gasteiger partial charge in [-0.05, 0) is 30.2 Å². The summed E-state index contributed by atoms with van der Waals surface area (Å²) in [5.41, 5.74) is 9.78. The topological polar surface area (TPSA) is 89.9 Å². The minimum atomic E-state index is 0.00542. The molecule has 0 spiro atoms. The Balaban J connectivity index is 2.25. The molecular formula is C15H17N5O. The molecular weight excluding hydrogens is 266 g/mol. The van der Waals surface area contributed by atoms with Gasteiger partial charge in [0.05, 0.1) is 24.2 Å². The van der Waals surface area contributed by atoms with Crippen molar-refractivity contribution >= 4 is 16.9 Å². The lowest BCUT2D eigenvalue weighted by molar-refractivity contribution is 0.271. The summed E-state index contributed by atoms with van der Waals surface area (Å²) >= 11 is 0. The Morgan fingerprint density at radius 2 is 2.05 bits per heavy atom. The van der Waals surface area contributed by atoms with E-state index < -0.39 is 0 Å². The van der Waals surface area contributed by atoms with Crippen LogP contribution in [-0.2, 0) is 13.0 Å². The van der Waals surface area contributed by atoms with E-state index in [2.05, 4.69) is 17.0 Å². The number of nitrogens with two attached hydrogens (primary N) is 1. The van der Waals surface area contributed by atoms with E-state index in [-0.39, 0.29) is 6.61 Å². The number of aliphatic hydroxyl groups excluding tert-OH is 1. The normalized spacial score (nSPS) is 11.1. The van der Waals surface area contributed by atoms with Crippen molar-refractivity contribution in [1.29, 1.82) is 0 Å². The fraction of sp³-hybridized carbons (Fsp3) is 0.267. The van der Waals surface area contributed by atoms with E-state index in [1.54, 1.807) is 17.1 Å². The van der Waals surface area contributed by atoms with E-state index >= 15 is 0 Å². The SMILES string of the molecule is CCc1nc2c(cc1-c1ccncc1)c(N)nn2CCO. The monoisotopic (exact) mass is 283 g/mol. The standard InChI is InChI=1S/C15H17N5O/c1-2-13-11(10-3-5-17-6-4-10)9-12-14(16)19-20(7-8-21)15(12)18-13/h3-6,9,21H,2,7-8H2,1H3,(H2,16,19). The first kappa shape index (κ1) is 13.5. The van der Waals surface area contributed by atoms with Gasteiger partial charge in [-0.3, -0.25) is 4.98 Å². The van der Waals surface area contributed by atoms with Crippen LogP contribution in [0.25, 0.3) is 22.2 Å². The van der Waals surface area contributed by atoms with Crippen LogP contribution < -0.4 is 5.73 Å². The maximum atomic E-state index is 9.11. The Kier molecular flexibility index (Phi) is 3.53. The molecule has 0 unspecified atom stereocenters. The lowest BCUT2D eigenvalue weighted by Crippen LogP contribution is -2.06. The molecule has 6 nitrogen and oxygen atoms in total. The number of nitrogen functional groups attached to an aromatic ring is 1. The lowest BCUT2D eigenvalue weighted by atomic mass is 10.0. The second kappa shape index (κ2) is 5.49. The van der Waals surface area contributed by atoms with Crippen molar-refractivity contribution in [3.05, 3.63) is 36.3 Å². The largest absolute Gasteiger partial charge is 0.394 e. The van der Waals surface area contributed by atoms with Crippen LogP contribution in [0.5, 0.6) is 0 Å². The zero-order chi connectivity index (χ0) is 14.8. The number of rotatable bonds is 4. The van der Waals surface area contributed by atoms with Gasteiger partial charge in [-0.1, -0.05) is 6.92 Å². The molecule has 3 aromatic rings. The number of nitrogens with zero attached hydrogens (tertiary/aromatic N) is 4. The van der Waals surface area contributed by atoms with Gasteiger partial charge in [0.15, 0.2) is 11.5 Å². The molecule has 0 amide bonds. The molecule has 21 heavy (non-hydrogen) atoms. The van der Waals surface area contributed by atoms with Crippen molar-refractivity contribution in [1.82, 2.24) is 19.7 Å². The molecule has 3 N–H and O–H groups in total. The average Bonchev–Trinajstić information content (AvgIpc) is 2.83. The van der Waals surface area contributed by atoms with Gasteiger partial charge in [0.1, 0.15) is 0 Å². The van der Waals surface area contributed by atoms with Gasteiger partial charge in [0.2, 0.25) is 0 Å². The van der Waals surface area contributed by atoms with Gasteiger partial charge in [0, 0.05) is 18.0 Å². The Bertz CT molecular complexity index is 767. The molecule has 6 heteroatoms. The summed E-state index contributed by atoms with van der Waals surface area (Å²) in [4.78, 5) is 8.74. The molecule has 3 rings (SSSR count). The molecule has 0 aromatic carbocycles. The summed E-state index contributed by atoms with van der Waals surface area (Å²) in [5, 5.41) is 14.2. The second-order valence-corrected chi connectivity index (χ2v) is 4.78. The number of aromatic nitrogens is 4. The Morgan fingerprint density at radius 3 is 2.71 bits per heavy atom. The predicted octanol–water partition coefficient (Wildman–Crippen LogP) is 1.63. The number of fused-ring (bicyclic) bond motifs is 1. The first-order chi connectivity index (χ1) is 10.2. The van der Waals surface area contributed by atoms with Crippen LogP contribution in [-0.4, -0.2) is 31.5 Å². The molecule has 0 aliphatic carbocycles. The van der Waals surface area contributed by atoms with Gasteiger partial charge >= 0.3 is 0 Å². The Hall–Kier alpha value is -2.47. The maximum absolute atomic E-state index is 9.11. The predicted molar refractivity (Wildman–Crippen MR) is 81.6 cm³/mol. The summed E-state index contributed by atoms with van der Waals surface area (Å²) in [6, 6.07) is 5.93. The average molecular weight is 283 g/mol. The number of aliphatic hydroxyl groups is 1. The Morgan fingerprint density at radius 1 is 1.29 bits per heavy atom. The van der Waals surface area contributed by atoms with E-state index in [1.165, 1.54) is 0 Å². The zero-order valence-corrected chi connectivity index (χ0v) is 11.8. The van der Waals surface area contributed by atoms with Gasteiger partial charge in [-0.25, -0.2) is 9.67 Å². The fourth-order valence-electron chi connectivity index (χ4n) is 2.46. The van der Waals surface area contributed by atoms with Crippen molar-refractivity contribution < 1.29 is 5.11 Å². The zero-order valence-electron chi connectivity index (χ0n) is 11.8. The minimum Gasteiger partial charge on any atom is -0.394 e. The van der Waals surface area contributed by atoms with E-state index in [4.69, 9.17) is 15.8 Å². The molecule has 0 aliphatic heterocycles. The molecule has 108 valence electrons. The smallest absolute Gasteiger partial charge is 0.160 e. The molecule has 0 bridgehead atoms. The number of hydrogen-bond donors (Lipinski definition) is 2. The van der Waals surface area contributed by atoms with E-state index in [0.29, 0.717) is 12.4 Å². The molecule has 0 fully saturated rings. The van der Waals surface area contributed by atoms with Gasteiger partial charge in [-0.15, -0.1) is 0 Å². The number of anilines is 1. The second-order valence-electron chi connectivity index (χ2n) is 4.78. The molecule has 0 saturated carbocycles.